The lowest BCUT2D eigenvalue weighted by Gasteiger charge is -2.41. The van der Waals surface area contributed by atoms with Gasteiger partial charge in [-0.2, -0.15) is 13.2 Å². The predicted octanol–water partition coefficient (Wildman–Crippen LogP) is 5.41. The number of benzene rings is 1. The Balaban J connectivity index is 1.28. The van der Waals surface area contributed by atoms with Crippen molar-refractivity contribution in [1.29, 1.82) is 0 Å². The number of carbonyl (C=O) groups excluding carboxylic acids is 12. The van der Waals surface area contributed by atoms with Crippen molar-refractivity contribution in [2.45, 2.75) is 235 Å². The number of halogens is 4. The molecule has 0 radical (unpaired) electrons. The van der Waals surface area contributed by atoms with Crippen LogP contribution in [0.25, 0.3) is 0 Å². The van der Waals surface area contributed by atoms with Crippen LogP contribution in [0.2, 0.25) is 5.02 Å². The number of hydrogen-bond acceptors (Lipinski definition) is 13. The summed E-state index contributed by atoms with van der Waals surface area (Å²) in [7, 11) is 9.81. The Hall–Kier alpha value is -7.10. The molecule has 0 aromatic heterocycles. The number of likely N-dealkylation sites (N-methyl/N-ethyl adjacent to an activating group) is 7. The number of aryl methyl sites for hydroxylation is 1. The predicted molar refractivity (Wildman–Crippen MR) is 371 cm³/mol. The SMILES string of the molecule is CC[C@H](C)[C@@H]1NC(=O)[C@H](CC(C)C)N(C)C(=O)C[C@@H](C(=O)N2CCCCC2)N(C)C(=O)[C@H](COC2CCC2)N(C)C(=O)C2(CCCC2)NC(=O)[C@@H]2CCCN2C(=O)[C@H](CCc2ccc(C(F)(F)F)c(Cl)c2)NC(=O)CN(C)C(=O)[C@H](CC2CCCCC2)N(C)C(=O)CN(C)C(=O)CN(C)C1=O. The molecule has 29 heteroatoms. The summed E-state index contributed by atoms with van der Waals surface area (Å²) in [5.41, 5.74) is -2.40. The van der Waals surface area contributed by atoms with Crippen LogP contribution < -0.4 is 16.0 Å². The van der Waals surface area contributed by atoms with E-state index in [-0.39, 0.29) is 76.0 Å². The molecule has 7 rings (SSSR count). The van der Waals surface area contributed by atoms with E-state index >= 15 is 28.8 Å². The van der Waals surface area contributed by atoms with Gasteiger partial charge in [-0.15, -0.1) is 0 Å². The number of alkyl halides is 3. The van der Waals surface area contributed by atoms with Gasteiger partial charge in [0.25, 0.3) is 0 Å². The van der Waals surface area contributed by atoms with E-state index in [2.05, 4.69) is 16.0 Å². The second kappa shape index (κ2) is 36.4. The van der Waals surface area contributed by atoms with Crippen molar-refractivity contribution >= 4 is 82.5 Å². The third kappa shape index (κ3) is 20.8. The molecule has 0 bridgehead atoms. The lowest BCUT2D eigenvalue weighted by Crippen LogP contribution is -2.65. The van der Waals surface area contributed by atoms with Crippen LogP contribution in [0, 0.1) is 17.8 Å². The third-order valence-electron chi connectivity index (χ3n) is 21.9. The number of nitrogens with one attached hydrogen (secondary N) is 3. The number of nitrogens with zero attached hydrogens (tertiary/aromatic N) is 9. The van der Waals surface area contributed by atoms with Gasteiger partial charge in [0.05, 0.1) is 49.4 Å². The van der Waals surface area contributed by atoms with Crippen molar-refractivity contribution in [3.05, 3.63) is 34.3 Å². The molecule has 3 aliphatic heterocycles. The Bertz CT molecular complexity index is 3140. The lowest BCUT2D eigenvalue weighted by molar-refractivity contribution is -0.158. The Labute approximate surface area is 598 Å². The number of piperidine rings is 1. The molecule has 8 atom stereocenters. The van der Waals surface area contributed by atoms with Gasteiger partial charge in [0.1, 0.15) is 47.8 Å². The number of amides is 12. The normalized spacial score (nSPS) is 26.6. The Morgan fingerprint density at radius 3 is 1.86 bits per heavy atom. The second-order valence-electron chi connectivity index (χ2n) is 29.7. The van der Waals surface area contributed by atoms with Gasteiger partial charge in [-0.05, 0) is 125 Å². The fraction of sp³-hybridized carbons (Fsp3) is 0.750. The van der Waals surface area contributed by atoms with Crippen molar-refractivity contribution in [2.75, 3.05) is 95.2 Å². The highest BCUT2D eigenvalue weighted by atomic mass is 35.5. The summed E-state index contributed by atoms with van der Waals surface area (Å²) >= 11 is 6.16. The highest BCUT2D eigenvalue weighted by Gasteiger charge is 2.51. The number of carbonyl (C=O) groups is 12. The molecule has 25 nitrogen and oxygen atoms in total. The van der Waals surface area contributed by atoms with Crippen molar-refractivity contribution < 1.29 is 75.4 Å². The van der Waals surface area contributed by atoms with E-state index in [1.807, 2.05) is 20.8 Å². The largest absolute Gasteiger partial charge is 0.417 e. The van der Waals surface area contributed by atoms with E-state index in [0.29, 0.717) is 70.0 Å². The molecule has 6 aliphatic rings. The average Bonchev–Trinajstić information content (AvgIpc) is 1.70. The standard InChI is InChI=1S/C72H110ClF3N12O13/c1-12-46(4)62-69(99)82(7)42-60(91)80(5)43-61(92)84(9)55(39-47-23-15-13-16-24-47)66(96)81(6)41-58(89)77-52(31-29-48-28-30-50(51(73)38-48)72(74,75)76)65(95)88-36-22-27-53(88)64(94)79-71(32-17-18-33-71)70(100)86(11)57(44-101-49-25-21-26-49)67(97)85(10)56(68(98)87-34-19-14-20-35-87)40-59(90)83(8)54(37-45(2)3)63(93)78-62/h28,30,38,45-47,49,52-57,62H,12-27,29,31-37,39-44H2,1-11H3,(H,77,89)(H,78,93)(H,79,94)/t46-,52-,53-,54-,55-,56-,57-,62-/m0/s1. The number of ether oxygens (including phenoxy) is 1. The zero-order valence-electron chi connectivity index (χ0n) is 61.1. The Kier molecular flexibility index (Phi) is 29.2. The molecule has 3 saturated carbocycles. The van der Waals surface area contributed by atoms with Gasteiger partial charge in [0, 0.05) is 69.0 Å². The van der Waals surface area contributed by atoms with Gasteiger partial charge in [-0.3, -0.25) is 57.5 Å². The first-order chi connectivity index (χ1) is 47.7. The van der Waals surface area contributed by atoms with E-state index in [4.69, 9.17) is 16.3 Å². The fourth-order valence-corrected chi connectivity index (χ4v) is 15.2. The van der Waals surface area contributed by atoms with Crippen molar-refractivity contribution in [1.82, 2.24) is 60.0 Å². The van der Waals surface area contributed by atoms with Crippen LogP contribution in [-0.2, 0) is 74.9 Å². The van der Waals surface area contributed by atoms with Gasteiger partial charge in [-0.25, -0.2) is 0 Å². The van der Waals surface area contributed by atoms with Crippen LogP contribution >= 0.6 is 11.6 Å². The smallest absolute Gasteiger partial charge is 0.376 e. The van der Waals surface area contributed by atoms with Crippen LogP contribution in [-0.4, -0.2) is 264 Å². The first-order valence-electron chi connectivity index (χ1n) is 36.5. The topological polar surface area (TPSA) is 279 Å². The summed E-state index contributed by atoms with van der Waals surface area (Å²) in [4.78, 5) is 190. The summed E-state index contributed by atoms with van der Waals surface area (Å²) in [6.45, 7) is 6.02. The monoisotopic (exact) mass is 1440 g/mol. The van der Waals surface area contributed by atoms with E-state index < -0.39 is 167 Å². The molecule has 3 saturated heterocycles. The van der Waals surface area contributed by atoms with Crippen LogP contribution in [0.15, 0.2) is 18.2 Å². The summed E-state index contributed by atoms with van der Waals surface area (Å²) in [5.74, 6) is -8.73. The highest BCUT2D eigenvalue weighted by molar-refractivity contribution is 6.31. The van der Waals surface area contributed by atoms with Crippen molar-refractivity contribution in [2.24, 2.45) is 17.8 Å². The highest BCUT2D eigenvalue weighted by Crippen LogP contribution is 2.37. The van der Waals surface area contributed by atoms with Gasteiger partial charge >= 0.3 is 6.18 Å². The molecule has 3 aliphatic carbocycles. The molecule has 3 N–H and O–H groups in total. The quantitative estimate of drug-likeness (QED) is 0.223. The maximum absolute atomic E-state index is 15.6. The van der Waals surface area contributed by atoms with Gasteiger partial charge in [0.15, 0.2) is 0 Å². The van der Waals surface area contributed by atoms with Crippen LogP contribution in [0.3, 0.4) is 0 Å². The van der Waals surface area contributed by atoms with Crippen molar-refractivity contribution in [3.8, 4) is 0 Å². The fourth-order valence-electron chi connectivity index (χ4n) is 14.9. The van der Waals surface area contributed by atoms with Crippen LogP contribution in [0.4, 0.5) is 13.2 Å². The number of likely N-dealkylation sites (tertiary alicyclic amines) is 1. The Morgan fingerprint density at radius 1 is 0.634 bits per heavy atom. The summed E-state index contributed by atoms with van der Waals surface area (Å²) in [5, 5.41) is 8.10. The molecule has 3 heterocycles. The minimum atomic E-state index is -4.76. The molecule has 1 aromatic carbocycles. The Morgan fingerprint density at radius 2 is 1.26 bits per heavy atom. The molecular formula is C72H110ClF3N12O13. The van der Waals surface area contributed by atoms with Gasteiger partial charge in [-0.1, -0.05) is 96.7 Å². The lowest BCUT2D eigenvalue weighted by atomic mass is 9.84. The van der Waals surface area contributed by atoms with E-state index in [0.717, 1.165) is 71.8 Å². The maximum Gasteiger partial charge on any atom is 0.417 e. The minimum absolute atomic E-state index is 0.0149. The molecule has 1 aromatic rings. The molecular weight excluding hydrogens is 1330 g/mol. The summed E-state index contributed by atoms with van der Waals surface area (Å²) in [6, 6.07) is -5.90. The molecule has 12 amide bonds. The molecule has 101 heavy (non-hydrogen) atoms. The van der Waals surface area contributed by atoms with E-state index in [1.165, 1.54) is 79.9 Å². The second-order valence-corrected chi connectivity index (χ2v) is 30.1. The average molecular weight is 1440 g/mol. The summed E-state index contributed by atoms with van der Waals surface area (Å²) < 4.78 is 48.0. The molecule has 0 unspecified atom stereocenters. The molecule has 1 spiro atoms. The number of fused-ring (bicyclic) bond motifs is 1. The maximum atomic E-state index is 15.6. The van der Waals surface area contributed by atoms with E-state index in [9.17, 15) is 41.9 Å². The first-order valence-corrected chi connectivity index (χ1v) is 36.8. The van der Waals surface area contributed by atoms with Gasteiger partial charge in [0.2, 0.25) is 70.9 Å². The van der Waals surface area contributed by atoms with Crippen molar-refractivity contribution in [3.63, 3.8) is 0 Å². The van der Waals surface area contributed by atoms with Crippen LogP contribution in [0.5, 0.6) is 0 Å². The number of rotatable bonds is 13. The first kappa shape index (κ1) is 81.2. The molecule has 564 valence electrons. The minimum Gasteiger partial charge on any atom is -0.376 e. The van der Waals surface area contributed by atoms with Crippen LogP contribution in [0.1, 0.15) is 180 Å². The van der Waals surface area contributed by atoms with E-state index in [1.54, 1.807) is 11.8 Å². The third-order valence-corrected chi connectivity index (χ3v) is 22.2. The zero-order chi connectivity index (χ0) is 74.4. The molecule has 6 fully saturated rings. The van der Waals surface area contributed by atoms with Gasteiger partial charge < -0.3 is 64.8 Å². The zero-order valence-corrected chi connectivity index (χ0v) is 61.9. The summed E-state index contributed by atoms with van der Waals surface area (Å²) in [6.07, 6.45) is 5.30. The number of hydrogen-bond donors (Lipinski definition) is 3.